The number of hydrogen-bond acceptors (Lipinski definition) is 3. The lowest BCUT2D eigenvalue weighted by Crippen LogP contribution is -2.24. The first-order valence-electron chi connectivity index (χ1n) is 6.83. The number of rotatable bonds is 2. The number of hydrogen-bond donors (Lipinski definition) is 0. The van der Waals surface area contributed by atoms with Gasteiger partial charge in [-0.15, -0.1) is 0 Å². The lowest BCUT2D eigenvalue weighted by Gasteiger charge is -2.11. The molecular formula is C16H16N2O2. The Labute approximate surface area is 117 Å². The third kappa shape index (κ3) is 2.18. The molecule has 3 rings (SSSR count). The molecule has 20 heavy (non-hydrogen) atoms. The molecule has 1 aromatic heterocycles. The molecule has 0 bridgehead atoms. The number of ketones is 2. The number of fused-ring (bicyclic) bond motifs is 1. The maximum absolute atomic E-state index is 12.6. The Morgan fingerprint density at radius 1 is 1.30 bits per heavy atom. The van der Waals surface area contributed by atoms with Crippen LogP contribution in [0.4, 0.5) is 0 Å². The van der Waals surface area contributed by atoms with Crippen molar-refractivity contribution in [1.82, 2.24) is 9.78 Å². The van der Waals surface area contributed by atoms with E-state index in [0.717, 1.165) is 18.4 Å². The first-order valence-corrected chi connectivity index (χ1v) is 6.83. The van der Waals surface area contributed by atoms with Gasteiger partial charge in [-0.1, -0.05) is 24.3 Å². The van der Waals surface area contributed by atoms with Gasteiger partial charge in [-0.25, -0.2) is 0 Å². The van der Waals surface area contributed by atoms with Crippen molar-refractivity contribution >= 4 is 11.6 Å². The zero-order valence-corrected chi connectivity index (χ0v) is 11.4. The Kier molecular flexibility index (Phi) is 3.22. The van der Waals surface area contributed by atoms with E-state index in [1.807, 2.05) is 24.3 Å². The highest BCUT2D eigenvalue weighted by Crippen LogP contribution is 2.26. The zero-order valence-electron chi connectivity index (χ0n) is 11.4. The molecule has 1 aromatic carbocycles. The molecule has 0 spiro atoms. The summed E-state index contributed by atoms with van der Waals surface area (Å²) >= 11 is 0. The Balaban J connectivity index is 1.95. The monoisotopic (exact) mass is 268 g/mol. The van der Waals surface area contributed by atoms with E-state index >= 15 is 0 Å². The number of carbonyl (C=O) groups is 2. The van der Waals surface area contributed by atoms with Crippen molar-refractivity contribution in [1.29, 1.82) is 0 Å². The number of nitrogens with zero attached hydrogens (tertiary/aromatic N) is 2. The van der Waals surface area contributed by atoms with Crippen molar-refractivity contribution in [2.24, 2.45) is 13.0 Å². The van der Waals surface area contributed by atoms with Crippen LogP contribution in [0.25, 0.3) is 0 Å². The molecule has 1 aliphatic carbocycles. The first kappa shape index (κ1) is 12.8. The van der Waals surface area contributed by atoms with Crippen LogP contribution in [0, 0.1) is 5.92 Å². The minimum atomic E-state index is -0.589. The van der Waals surface area contributed by atoms with Gasteiger partial charge in [0.15, 0.2) is 11.6 Å². The van der Waals surface area contributed by atoms with Crippen LogP contribution in [-0.2, 0) is 13.5 Å². The molecule has 2 aromatic rings. The normalized spacial score (nSPS) is 18.4. The second-order valence-corrected chi connectivity index (χ2v) is 5.21. The highest BCUT2D eigenvalue weighted by atomic mass is 16.2. The molecule has 0 aliphatic heterocycles. The minimum absolute atomic E-state index is 0.0613. The Morgan fingerprint density at radius 3 is 2.85 bits per heavy atom. The molecule has 0 radical (unpaired) electrons. The molecule has 0 saturated heterocycles. The summed E-state index contributed by atoms with van der Waals surface area (Å²) in [5, 5.41) is 4.12. The second-order valence-electron chi connectivity index (χ2n) is 5.21. The van der Waals surface area contributed by atoms with Crippen molar-refractivity contribution in [3.05, 3.63) is 53.3 Å². The van der Waals surface area contributed by atoms with E-state index in [1.54, 1.807) is 24.0 Å². The summed E-state index contributed by atoms with van der Waals surface area (Å²) in [4.78, 5) is 25.1. The van der Waals surface area contributed by atoms with Gasteiger partial charge in [0.1, 0.15) is 5.69 Å². The Hall–Kier alpha value is -2.23. The van der Waals surface area contributed by atoms with E-state index in [2.05, 4.69) is 5.10 Å². The van der Waals surface area contributed by atoms with E-state index in [1.165, 1.54) is 0 Å². The summed E-state index contributed by atoms with van der Waals surface area (Å²) in [7, 11) is 1.76. The van der Waals surface area contributed by atoms with Crippen LogP contribution in [0.15, 0.2) is 36.5 Å². The molecule has 1 unspecified atom stereocenters. The molecule has 0 amide bonds. The zero-order chi connectivity index (χ0) is 14.1. The van der Waals surface area contributed by atoms with Gasteiger partial charge < -0.3 is 0 Å². The maximum Gasteiger partial charge on any atom is 0.193 e. The van der Waals surface area contributed by atoms with Crippen LogP contribution >= 0.6 is 0 Å². The van der Waals surface area contributed by atoms with Gasteiger partial charge in [0.2, 0.25) is 0 Å². The lowest BCUT2D eigenvalue weighted by atomic mass is 9.90. The molecule has 0 N–H and O–H groups in total. The van der Waals surface area contributed by atoms with E-state index in [4.69, 9.17) is 0 Å². The SMILES string of the molecule is Cn1ccc(C(=O)C2CCCc3ccccc3C2=O)n1. The number of carbonyl (C=O) groups excluding carboxylic acids is 2. The van der Waals surface area contributed by atoms with Gasteiger partial charge in [0.25, 0.3) is 0 Å². The van der Waals surface area contributed by atoms with Gasteiger partial charge >= 0.3 is 0 Å². The number of aromatic nitrogens is 2. The fraction of sp³-hybridized carbons (Fsp3) is 0.312. The molecule has 0 saturated carbocycles. The summed E-state index contributed by atoms with van der Waals surface area (Å²) in [6, 6.07) is 9.26. The maximum atomic E-state index is 12.6. The van der Waals surface area contributed by atoms with Gasteiger partial charge in [-0.05, 0) is 30.9 Å². The number of aryl methyl sites for hydroxylation is 2. The van der Waals surface area contributed by atoms with Crippen LogP contribution in [0.3, 0.4) is 0 Å². The number of Topliss-reactive ketones (excluding diaryl/α,β-unsaturated/α-hetero) is 2. The fourth-order valence-corrected chi connectivity index (χ4v) is 2.77. The van der Waals surface area contributed by atoms with E-state index in [-0.39, 0.29) is 11.6 Å². The average molecular weight is 268 g/mol. The molecule has 0 fully saturated rings. The third-order valence-corrected chi connectivity index (χ3v) is 3.82. The highest BCUT2D eigenvalue weighted by Gasteiger charge is 2.32. The smallest absolute Gasteiger partial charge is 0.193 e. The molecule has 1 aliphatic rings. The first-order chi connectivity index (χ1) is 9.66. The van der Waals surface area contributed by atoms with Crippen LogP contribution in [0.2, 0.25) is 0 Å². The molecule has 4 nitrogen and oxygen atoms in total. The van der Waals surface area contributed by atoms with Gasteiger partial charge in [-0.2, -0.15) is 5.10 Å². The molecular weight excluding hydrogens is 252 g/mol. The summed E-state index contributed by atoms with van der Waals surface area (Å²) in [5.74, 6) is -0.811. The average Bonchev–Trinajstić information content (AvgIpc) is 2.82. The molecule has 1 atom stereocenters. The summed E-state index contributed by atoms with van der Waals surface area (Å²) in [5.41, 5.74) is 2.12. The standard InChI is InChI=1S/C16H16N2O2/c1-18-10-9-14(17-18)16(20)13-8-4-6-11-5-2-3-7-12(11)15(13)19/h2-3,5,7,9-10,13H,4,6,8H2,1H3. The van der Waals surface area contributed by atoms with Crippen molar-refractivity contribution in [3.8, 4) is 0 Å². The van der Waals surface area contributed by atoms with Crippen LogP contribution in [-0.4, -0.2) is 21.3 Å². The molecule has 4 heteroatoms. The van der Waals surface area contributed by atoms with Gasteiger partial charge in [0.05, 0.1) is 5.92 Å². The van der Waals surface area contributed by atoms with E-state index < -0.39 is 5.92 Å². The highest BCUT2D eigenvalue weighted by molar-refractivity contribution is 6.16. The third-order valence-electron chi connectivity index (χ3n) is 3.82. The van der Waals surface area contributed by atoms with Crippen molar-refractivity contribution < 1.29 is 9.59 Å². The summed E-state index contributed by atoms with van der Waals surface area (Å²) in [6.45, 7) is 0. The van der Waals surface area contributed by atoms with E-state index in [0.29, 0.717) is 17.7 Å². The summed E-state index contributed by atoms with van der Waals surface area (Å²) in [6.07, 6.45) is 4.03. The quantitative estimate of drug-likeness (QED) is 0.477. The molecule has 1 heterocycles. The topological polar surface area (TPSA) is 52.0 Å². The van der Waals surface area contributed by atoms with Crippen LogP contribution in [0.1, 0.15) is 39.3 Å². The fourth-order valence-electron chi connectivity index (χ4n) is 2.77. The van der Waals surface area contributed by atoms with Gasteiger partial charge in [0, 0.05) is 18.8 Å². The van der Waals surface area contributed by atoms with Crippen molar-refractivity contribution in [2.75, 3.05) is 0 Å². The molecule has 102 valence electrons. The largest absolute Gasteiger partial charge is 0.293 e. The van der Waals surface area contributed by atoms with E-state index in [9.17, 15) is 9.59 Å². The Bertz CT molecular complexity index is 673. The predicted molar refractivity (Wildman–Crippen MR) is 74.7 cm³/mol. The van der Waals surface area contributed by atoms with Gasteiger partial charge in [-0.3, -0.25) is 14.3 Å². The lowest BCUT2D eigenvalue weighted by molar-refractivity contribution is 0.0798. The van der Waals surface area contributed by atoms with Crippen molar-refractivity contribution in [2.45, 2.75) is 19.3 Å². The Morgan fingerprint density at radius 2 is 2.10 bits per heavy atom. The van der Waals surface area contributed by atoms with Crippen molar-refractivity contribution in [3.63, 3.8) is 0 Å². The second kappa shape index (κ2) is 5.04. The number of benzene rings is 1. The summed E-state index contributed by atoms with van der Waals surface area (Å²) < 4.78 is 1.59. The predicted octanol–water partition coefficient (Wildman–Crippen LogP) is 2.44. The minimum Gasteiger partial charge on any atom is -0.293 e. The van der Waals surface area contributed by atoms with Crippen LogP contribution in [0.5, 0.6) is 0 Å². The van der Waals surface area contributed by atoms with Crippen LogP contribution < -0.4 is 0 Å².